The molecule has 0 bridgehead atoms. The second kappa shape index (κ2) is 4.86. The minimum atomic E-state index is -0.239. The monoisotopic (exact) mass is 274 g/mol. The zero-order valence-electron chi connectivity index (χ0n) is 11.7. The molecule has 0 aliphatic carbocycles. The van der Waals surface area contributed by atoms with E-state index in [4.69, 9.17) is 0 Å². The molecule has 0 amide bonds. The fraction of sp³-hybridized carbons (Fsp3) is 0.500. The number of H-pyrrole nitrogens is 1. The van der Waals surface area contributed by atoms with Crippen molar-refractivity contribution in [1.29, 1.82) is 0 Å². The van der Waals surface area contributed by atoms with E-state index in [1.807, 2.05) is 0 Å². The fourth-order valence-electron chi connectivity index (χ4n) is 3.05. The molecule has 1 saturated heterocycles. The molecule has 0 spiro atoms. The van der Waals surface area contributed by atoms with Crippen molar-refractivity contribution in [2.75, 3.05) is 13.1 Å². The average Bonchev–Trinajstić information content (AvgIpc) is 2.47. The Kier molecular flexibility index (Phi) is 3.17. The van der Waals surface area contributed by atoms with Gasteiger partial charge in [0.1, 0.15) is 0 Å². The second-order valence-electron chi connectivity index (χ2n) is 5.39. The lowest BCUT2D eigenvalue weighted by atomic mass is 9.90. The van der Waals surface area contributed by atoms with Crippen molar-refractivity contribution >= 4 is 10.9 Å². The van der Waals surface area contributed by atoms with Gasteiger partial charge in [0.2, 0.25) is 0 Å². The maximum atomic E-state index is 12.5. The maximum Gasteiger partial charge on any atom is 0.273 e. The number of aryl methyl sites for hydroxylation is 2. The SMILES string of the molecule is Cc1n[nH]c(=O)c2cc(C3CCNCC3)c(=O)n(C)c12. The molecule has 106 valence electrons. The van der Waals surface area contributed by atoms with Crippen LogP contribution in [0.1, 0.15) is 30.0 Å². The molecule has 2 aromatic rings. The third-order valence-corrected chi connectivity index (χ3v) is 4.13. The van der Waals surface area contributed by atoms with Crippen molar-refractivity contribution in [2.24, 2.45) is 7.05 Å². The fourth-order valence-corrected chi connectivity index (χ4v) is 3.05. The first-order valence-corrected chi connectivity index (χ1v) is 6.89. The molecular weight excluding hydrogens is 256 g/mol. The number of rotatable bonds is 1. The van der Waals surface area contributed by atoms with Crippen LogP contribution in [0.2, 0.25) is 0 Å². The van der Waals surface area contributed by atoms with E-state index in [0.717, 1.165) is 31.5 Å². The number of hydrogen-bond donors (Lipinski definition) is 2. The quantitative estimate of drug-likeness (QED) is 0.788. The number of nitrogens with one attached hydrogen (secondary N) is 2. The molecule has 6 heteroatoms. The standard InChI is InChI=1S/C14H18N4O2/c1-8-12-11(13(19)17-16-8)7-10(14(20)18(12)2)9-3-5-15-6-4-9/h7,9,15H,3-6H2,1-2H3,(H,17,19). The van der Waals surface area contributed by atoms with E-state index in [1.54, 1.807) is 24.6 Å². The van der Waals surface area contributed by atoms with Crippen molar-refractivity contribution in [1.82, 2.24) is 20.1 Å². The third-order valence-electron chi connectivity index (χ3n) is 4.13. The highest BCUT2D eigenvalue weighted by Gasteiger charge is 2.21. The highest BCUT2D eigenvalue weighted by molar-refractivity contribution is 5.80. The van der Waals surface area contributed by atoms with Gasteiger partial charge >= 0.3 is 0 Å². The van der Waals surface area contributed by atoms with Crippen LogP contribution < -0.4 is 16.4 Å². The molecule has 0 radical (unpaired) electrons. The van der Waals surface area contributed by atoms with Crippen molar-refractivity contribution in [2.45, 2.75) is 25.7 Å². The summed E-state index contributed by atoms with van der Waals surface area (Å²) < 4.78 is 1.56. The Labute approximate surface area is 115 Å². The van der Waals surface area contributed by atoms with Crippen molar-refractivity contribution < 1.29 is 0 Å². The van der Waals surface area contributed by atoms with Crippen molar-refractivity contribution in [3.05, 3.63) is 38.0 Å². The first-order valence-electron chi connectivity index (χ1n) is 6.89. The first-order chi connectivity index (χ1) is 9.59. The second-order valence-corrected chi connectivity index (χ2v) is 5.39. The van der Waals surface area contributed by atoms with Crippen LogP contribution in [0.3, 0.4) is 0 Å². The Morgan fingerprint density at radius 1 is 1.30 bits per heavy atom. The summed E-state index contributed by atoms with van der Waals surface area (Å²) in [5.41, 5.74) is 1.78. The lowest BCUT2D eigenvalue weighted by Gasteiger charge is -2.23. The van der Waals surface area contributed by atoms with Crippen LogP contribution in [0, 0.1) is 6.92 Å². The summed E-state index contributed by atoms with van der Waals surface area (Å²) in [4.78, 5) is 24.5. The van der Waals surface area contributed by atoms with Crippen LogP contribution in [0.15, 0.2) is 15.7 Å². The minimum absolute atomic E-state index is 0.0140. The van der Waals surface area contributed by atoms with Crippen LogP contribution in [-0.2, 0) is 7.05 Å². The number of aromatic amines is 1. The number of nitrogens with zero attached hydrogens (tertiary/aromatic N) is 2. The molecule has 1 aliphatic rings. The van der Waals surface area contributed by atoms with E-state index < -0.39 is 0 Å². The molecule has 3 rings (SSSR count). The normalized spacial score (nSPS) is 16.7. The summed E-state index contributed by atoms with van der Waals surface area (Å²) in [6, 6.07) is 1.77. The number of fused-ring (bicyclic) bond motifs is 1. The number of piperidine rings is 1. The number of aromatic nitrogens is 3. The topological polar surface area (TPSA) is 79.8 Å². The van der Waals surface area contributed by atoms with E-state index >= 15 is 0 Å². The Morgan fingerprint density at radius 3 is 2.70 bits per heavy atom. The van der Waals surface area contributed by atoms with Gasteiger partial charge in [-0.15, -0.1) is 0 Å². The highest BCUT2D eigenvalue weighted by atomic mass is 16.1. The Bertz CT molecular complexity index is 769. The zero-order valence-corrected chi connectivity index (χ0v) is 11.7. The Morgan fingerprint density at radius 2 is 2.00 bits per heavy atom. The van der Waals surface area contributed by atoms with Gasteiger partial charge in [-0.05, 0) is 44.8 Å². The average molecular weight is 274 g/mol. The van der Waals surface area contributed by atoms with Gasteiger partial charge in [0.15, 0.2) is 0 Å². The summed E-state index contributed by atoms with van der Waals surface area (Å²) in [6.07, 6.45) is 1.87. The molecule has 3 heterocycles. The predicted octanol–water partition coefficient (Wildman–Crippen LogP) is 0.397. The number of pyridine rings is 1. The van der Waals surface area contributed by atoms with Gasteiger partial charge in [-0.1, -0.05) is 0 Å². The molecule has 6 nitrogen and oxygen atoms in total. The first kappa shape index (κ1) is 13.1. The van der Waals surface area contributed by atoms with Gasteiger partial charge in [0.05, 0.1) is 16.6 Å². The van der Waals surface area contributed by atoms with Gasteiger partial charge in [-0.25, -0.2) is 5.10 Å². The summed E-state index contributed by atoms with van der Waals surface area (Å²) >= 11 is 0. The van der Waals surface area contributed by atoms with Gasteiger partial charge in [-0.2, -0.15) is 5.10 Å². The predicted molar refractivity (Wildman–Crippen MR) is 77.2 cm³/mol. The summed E-state index contributed by atoms with van der Waals surface area (Å²) in [5, 5.41) is 10.3. The van der Waals surface area contributed by atoms with E-state index in [0.29, 0.717) is 16.6 Å². The molecule has 1 aliphatic heterocycles. The minimum Gasteiger partial charge on any atom is -0.317 e. The van der Waals surface area contributed by atoms with Gasteiger partial charge in [-0.3, -0.25) is 9.59 Å². The number of hydrogen-bond acceptors (Lipinski definition) is 4. The van der Waals surface area contributed by atoms with Crippen LogP contribution in [0.4, 0.5) is 0 Å². The summed E-state index contributed by atoms with van der Waals surface area (Å²) in [5.74, 6) is 0.229. The summed E-state index contributed by atoms with van der Waals surface area (Å²) in [7, 11) is 1.71. The highest BCUT2D eigenvalue weighted by Crippen LogP contribution is 2.24. The van der Waals surface area contributed by atoms with E-state index in [1.165, 1.54) is 0 Å². The van der Waals surface area contributed by atoms with Gasteiger partial charge < -0.3 is 9.88 Å². The van der Waals surface area contributed by atoms with Crippen LogP contribution in [0.5, 0.6) is 0 Å². The lowest BCUT2D eigenvalue weighted by Crippen LogP contribution is -2.32. The largest absolute Gasteiger partial charge is 0.317 e. The maximum absolute atomic E-state index is 12.5. The molecule has 2 aromatic heterocycles. The van der Waals surface area contributed by atoms with E-state index in [2.05, 4.69) is 15.5 Å². The lowest BCUT2D eigenvalue weighted by molar-refractivity contribution is 0.456. The molecule has 0 saturated carbocycles. The molecule has 0 unspecified atom stereocenters. The smallest absolute Gasteiger partial charge is 0.273 e. The van der Waals surface area contributed by atoms with Crippen LogP contribution >= 0.6 is 0 Å². The van der Waals surface area contributed by atoms with Crippen LogP contribution in [-0.4, -0.2) is 27.9 Å². The van der Waals surface area contributed by atoms with Gasteiger partial charge in [0, 0.05) is 12.6 Å². The molecule has 2 N–H and O–H groups in total. The molecule has 0 aromatic carbocycles. The third kappa shape index (κ3) is 1.96. The molecule has 20 heavy (non-hydrogen) atoms. The zero-order chi connectivity index (χ0) is 14.3. The van der Waals surface area contributed by atoms with E-state index in [9.17, 15) is 9.59 Å². The van der Waals surface area contributed by atoms with Crippen molar-refractivity contribution in [3.8, 4) is 0 Å². The van der Waals surface area contributed by atoms with Gasteiger partial charge in [0.25, 0.3) is 11.1 Å². The molecular formula is C14H18N4O2. The summed E-state index contributed by atoms with van der Waals surface area (Å²) in [6.45, 7) is 3.62. The van der Waals surface area contributed by atoms with Crippen LogP contribution in [0.25, 0.3) is 10.9 Å². The Hall–Kier alpha value is -1.95. The Balaban J connectivity index is 2.30. The van der Waals surface area contributed by atoms with Crippen molar-refractivity contribution in [3.63, 3.8) is 0 Å². The van der Waals surface area contributed by atoms with E-state index in [-0.39, 0.29) is 17.0 Å². The molecule has 1 fully saturated rings. The molecule has 0 atom stereocenters.